The summed E-state index contributed by atoms with van der Waals surface area (Å²) in [6.07, 6.45) is 2.17. The Morgan fingerprint density at radius 2 is 1.95 bits per heavy atom. The van der Waals surface area contributed by atoms with Crippen LogP contribution >= 0.6 is 15.9 Å². The van der Waals surface area contributed by atoms with Gasteiger partial charge < -0.3 is 9.32 Å². The number of carbonyl (C=O) groups excluding carboxylic acids is 1. The van der Waals surface area contributed by atoms with Gasteiger partial charge in [0.1, 0.15) is 0 Å². The highest BCUT2D eigenvalue weighted by molar-refractivity contribution is 9.10. The average Bonchev–Trinajstić information content (AvgIpc) is 3.18. The van der Waals surface area contributed by atoms with Crippen LogP contribution in [0.5, 0.6) is 0 Å². The minimum absolute atomic E-state index is 0.0305. The van der Waals surface area contributed by atoms with E-state index in [0.717, 1.165) is 18.4 Å². The average molecular weight is 320 g/mol. The van der Waals surface area contributed by atoms with Gasteiger partial charge in [0.15, 0.2) is 10.4 Å². The number of furan rings is 1. The van der Waals surface area contributed by atoms with Crippen molar-refractivity contribution in [3.8, 4) is 0 Å². The summed E-state index contributed by atoms with van der Waals surface area (Å²) in [5.74, 6) is 0.367. The fourth-order valence-corrected chi connectivity index (χ4v) is 2.41. The van der Waals surface area contributed by atoms with E-state index in [4.69, 9.17) is 4.42 Å². The zero-order valence-electron chi connectivity index (χ0n) is 10.4. The molecular formula is C15H14BrNO2. The topological polar surface area (TPSA) is 33.5 Å². The van der Waals surface area contributed by atoms with Gasteiger partial charge in [-0.2, -0.15) is 0 Å². The van der Waals surface area contributed by atoms with Crippen molar-refractivity contribution in [1.29, 1.82) is 0 Å². The largest absolute Gasteiger partial charge is 0.444 e. The third-order valence-corrected chi connectivity index (χ3v) is 3.65. The second-order valence-electron chi connectivity index (χ2n) is 4.75. The molecule has 1 aromatic carbocycles. The number of hydrogen-bond donors (Lipinski definition) is 0. The van der Waals surface area contributed by atoms with Crippen molar-refractivity contribution in [1.82, 2.24) is 4.90 Å². The summed E-state index contributed by atoms with van der Waals surface area (Å²) in [5.41, 5.74) is 1.15. The Labute approximate surface area is 120 Å². The Bertz CT molecular complexity index is 575. The zero-order valence-corrected chi connectivity index (χ0v) is 12.0. The van der Waals surface area contributed by atoms with Crippen LogP contribution in [-0.2, 0) is 6.54 Å². The predicted octanol–water partition coefficient (Wildman–Crippen LogP) is 3.85. The highest BCUT2D eigenvalue weighted by Crippen LogP contribution is 2.30. The van der Waals surface area contributed by atoms with E-state index in [2.05, 4.69) is 15.9 Å². The Hall–Kier alpha value is -1.55. The number of halogens is 1. The summed E-state index contributed by atoms with van der Waals surface area (Å²) >= 11 is 3.23. The molecule has 4 heteroatoms. The summed E-state index contributed by atoms with van der Waals surface area (Å²) < 4.78 is 5.96. The van der Waals surface area contributed by atoms with Gasteiger partial charge in [-0.15, -0.1) is 0 Å². The molecule has 98 valence electrons. The molecule has 3 nitrogen and oxygen atoms in total. The zero-order chi connectivity index (χ0) is 13.2. The van der Waals surface area contributed by atoms with Crippen LogP contribution in [-0.4, -0.2) is 16.8 Å². The molecule has 1 saturated carbocycles. The molecule has 0 radical (unpaired) electrons. The second kappa shape index (κ2) is 5.21. The van der Waals surface area contributed by atoms with Crippen LogP contribution in [0.1, 0.15) is 29.0 Å². The van der Waals surface area contributed by atoms with E-state index in [0.29, 0.717) is 23.0 Å². The van der Waals surface area contributed by atoms with Crippen molar-refractivity contribution in [3.63, 3.8) is 0 Å². The van der Waals surface area contributed by atoms with Crippen molar-refractivity contribution in [2.45, 2.75) is 25.4 Å². The van der Waals surface area contributed by atoms with Gasteiger partial charge >= 0.3 is 0 Å². The summed E-state index contributed by atoms with van der Waals surface area (Å²) in [6.45, 7) is 0.642. The number of carbonyl (C=O) groups is 1. The third-order valence-electron chi connectivity index (χ3n) is 3.23. The molecule has 1 aromatic heterocycles. The van der Waals surface area contributed by atoms with Crippen molar-refractivity contribution in [3.05, 3.63) is 58.5 Å². The standard InChI is InChI=1S/C15H14BrNO2/c16-14-9-8-13(19-14)15(18)17(12-6-7-12)10-11-4-2-1-3-5-11/h1-5,8-9,12H,6-7,10H2. The molecule has 1 heterocycles. The van der Waals surface area contributed by atoms with Gasteiger partial charge in [0.05, 0.1) is 0 Å². The van der Waals surface area contributed by atoms with Crippen LogP contribution in [0.2, 0.25) is 0 Å². The molecule has 1 amide bonds. The van der Waals surface area contributed by atoms with Crippen molar-refractivity contribution < 1.29 is 9.21 Å². The Morgan fingerprint density at radius 1 is 1.21 bits per heavy atom. The smallest absolute Gasteiger partial charge is 0.290 e. The summed E-state index contributed by atoms with van der Waals surface area (Å²) in [7, 11) is 0. The molecule has 0 aliphatic heterocycles. The molecular weight excluding hydrogens is 306 g/mol. The number of hydrogen-bond acceptors (Lipinski definition) is 2. The first-order valence-corrected chi connectivity index (χ1v) is 7.13. The summed E-state index contributed by atoms with van der Waals surface area (Å²) in [4.78, 5) is 14.4. The maximum atomic E-state index is 12.5. The minimum Gasteiger partial charge on any atom is -0.444 e. The number of amides is 1. The van der Waals surface area contributed by atoms with Crippen LogP contribution in [0.25, 0.3) is 0 Å². The van der Waals surface area contributed by atoms with Gasteiger partial charge in [0.2, 0.25) is 0 Å². The second-order valence-corrected chi connectivity index (χ2v) is 5.54. The van der Waals surface area contributed by atoms with Crippen LogP contribution in [0, 0.1) is 0 Å². The molecule has 0 unspecified atom stereocenters. The molecule has 0 bridgehead atoms. The van der Waals surface area contributed by atoms with Gasteiger partial charge in [0.25, 0.3) is 5.91 Å². The first-order chi connectivity index (χ1) is 9.24. The van der Waals surface area contributed by atoms with Crippen molar-refractivity contribution in [2.75, 3.05) is 0 Å². The Balaban J connectivity index is 1.79. The van der Waals surface area contributed by atoms with Crippen LogP contribution < -0.4 is 0 Å². The minimum atomic E-state index is -0.0305. The lowest BCUT2D eigenvalue weighted by Crippen LogP contribution is -2.32. The predicted molar refractivity (Wildman–Crippen MR) is 75.7 cm³/mol. The van der Waals surface area contributed by atoms with Gasteiger partial charge in [-0.1, -0.05) is 30.3 Å². The number of benzene rings is 1. The maximum absolute atomic E-state index is 12.5. The van der Waals surface area contributed by atoms with E-state index in [-0.39, 0.29) is 5.91 Å². The maximum Gasteiger partial charge on any atom is 0.290 e. The molecule has 2 aromatic rings. The first kappa shape index (κ1) is 12.5. The van der Waals surface area contributed by atoms with E-state index in [1.807, 2.05) is 35.2 Å². The molecule has 1 aliphatic carbocycles. The Kier molecular flexibility index (Phi) is 3.42. The van der Waals surface area contributed by atoms with E-state index < -0.39 is 0 Å². The van der Waals surface area contributed by atoms with Crippen LogP contribution in [0.4, 0.5) is 0 Å². The monoisotopic (exact) mass is 319 g/mol. The molecule has 1 aliphatic rings. The summed E-state index contributed by atoms with van der Waals surface area (Å²) in [6, 6.07) is 13.9. The fourth-order valence-electron chi connectivity index (χ4n) is 2.10. The highest BCUT2D eigenvalue weighted by Gasteiger charge is 2.34. The lowest BCUT2D eigenvalue weighted by Gasteiger charge is -2.21. The van der Waals surface area contributed by atoms with Gasteiger partial charge in [-0.05, 0) is 46.5 Å². The van der Waals surface area contributed by atoms with Gasteiger partial charge in [-0.3, -0.25) is 4.79 Å². The van der Waals surface area contributed by atoms with E-state index >= 15 is 0 Å². The van der Waals surface area contributed by atoms with E-state index in [1.165, 1.54) is 0 Å². The molecule has 1 fully saturated rings. The third kappa shape index (κ3) is 2.89. The Morgan fingerprint density at radius 3 is 2.53 bits per heavy atom. The van der Waals surface area contributed by atoms with Gasteiger partial charge in [0, 0.05) is 12.6 Å². The van der Waals surface area contributed by atoms with E-state index in [9.17, 15) is 4.79 Å². The fraction of sp³-hybridized carbons (Fsp3) is 0.267. The van der Waals surface area contributed by atoms with Crippen LogP contribution in [0.15, 0.2) is 51.6 Å². The highest BCUT2D eigenvalue weighted by atomic mass is 79.9. The lowest BCUT2D eigenvalue weighted by atomic mass is 10.2. The molecule has 19 heavy (non-hydrogen) atoms. The molecule has 0 spiro atoms. The number of rotatable bonds is 4. The molecule has 0 N–H and O–H groups in total. The number of nitrogens with zero attached hydrogens (tertiary/aromatic N) is 1. The molecule has 0 saturated heterocycles. The SMILES string of the molecule is O=C(c1ccc(Br)o1)N(Cc1ccccc1)C1CC1. The first-order valence-electron chi connectivity index (χ1n) is 6.34. The van der Waals surface area contributed by atoms with Crippen LogP contribution in [0.3, 0.4) is 0 Å². The van der Waals surface area contributed by atoms with Crippen molar-refractivity contribution >= 4 is 21.8 Å². The summed E-state index contributed by atoms with van der Waals surface area (Å²) in [5, 5.41) is 0. The lowest BCUT2D eigenvalue weighted by molar-refractivity contribution is 0.0696. The van der Waals surface area contributed by atoms with E-state index in [1.54, 1.807) is 12.1 Å². The van der Waals surface area contributed by atoms with Crippen molar-refractivity contribution in [2.24, 2.45) is 0 Å². The molecule has 3 rings (SSSR count). The molecule has 0 atom stereocenters. The quantitative estimate of drug-likeness (QED) is 0.857. The normalized spacial score (nSPS) is 14.4. The van der Waals surface area contributed by atoms with Gasteiger partial charge in [-0.25, -0.2) is 0 Å².